The number of aromatic amines is 2. The molecular formula is C60H81N19O13S. The molecule has 23 N–H and O–H groups in total. The number of nitrogens with one attached hydrogen (secondary N) is 11. The molecular weight excluding hydrogens is 1230 g/mol. The Labute approximate surface area is 538 Å². The van der Waals surface area contributed by atoms with Crippen molar-refractivity contribution in [1.82, 2.24) is 62.8 Å². The number of thioether (sulfide) groups is 1. The molecule has 0 aliphatic carbocycles. The monoisotopic (exact) mass is 1310 g/mol. The number of hydrogen-bond donors (Lipinski definition) is 18. The lowest BCUT2D eigenvalue weighted by atomic mass is 10.0. The number of fused-ring (bicyclic) bond motifs is 1. The number of hydrogen-bond acceptors (Lipinski definition) is 16. The van der Waals surface area contributed by atoms with Gasteiger partial charge in [0.15, 0.2) is 11.9 Å². The number of nitrogens with two attached hydrogens (primary N) is 5. The van der Waals surface area contributed by atoms with Gasteiger partial charge in [-0.2, -0.15) is 11.8 Å². The van der Waals surface area contributed by atoms with E-state index in [1.54, 1.807) is 91.1 Å². The zero-order chi connectivity index (χ0) is 67.8. The first-order chi connectivity index (χ1) is 44.5. The molecule has 5 aromatic rings. The molecule has 0 aliphatic rings. The molecule has 3 aromatic carbocycles. The summed E-state index contributed by atoms with van der Waals surface area (Å²) < 4.78 is 0. The molecule has 9 amide bonds. The van der Waals surface area contributed by atoms with Gasteiger partial charge in [0, 0.05) is 67.8 Å². The van der Waals surface area contributed by atoms with E-state index in [2.05, 4.69) is 72.8 Å². The fourth-order valence-electron chi connectivity index (χ4n) is 9.44. The first kappa shape index (κ1) is 73.2. The SMILES string of the molecule is CSCC[C@H](N)C(=O)NCC(=O)N[C@@H](Cc1cnc[nH]1)C(=O)N[C@@H](Cc1ccccc1)C(=O)N[C@@H](CCCN=C(N)N)C(=O)N[C@@H](Cc1c[nH]c2ccccc12)C(=O)N[C@@H](CC(=O)O)C(=O)N[C@@H](CCCN=C(N)N)C(=O)N[C@@H](Cc1ccccc1)C(=O)NCC(=O)O. The number of H-pyrrole nitrogens is 2. The van der Waals surface area contributed by atoms with Crippen molar-refractivity contribution in [2.75, 3.05) is 38.2 Å². The normalized spacial score (nSPS) is 13.5. The van der Waals surface area contributed by atoms with E-state index < -0.39 is 133 Å². The lowest BCUT2D eigenvalue weighted by Gasteiger charge is -2.28. The van der Waals surface area contributed by atoms with Crippen molar-refractivity contribution < 1.29 is 63.0 Å². The van der Waals surface area contributed by atoms with Crippen molar-refractivity contribution in [3.8, 4) is 0 Å². The fraction of sp³-hybridized carbons (Fsp3) is 0.400. The Balaban J connectivity index is 1.47. The number of aliphatic carboxylic acids is 2. The Morgan fingerprint density at radius 3 is 1.48 bits per heavy atom. The molecule has 2 heterocycles. The third-order valence-corrected chi connectivity index (χ3v) is 14.8. The number of carboxylic acid groups (broad SMARTS) is 2. The number of carbonyl (C=O) groups excluding carboxylic acids is 9. The van der Waals surface area contributed by atoms with E-state index in [9.17, 15) is 63.0 Å². The molecule has 0 saturated heterocycles. The largest absolute Gasteiger partial charge is 0.481 e. The molecule has 8 atom stereocenters. The van der Waals surface area contributed by atoms with E-state index in [0.717, 1.165) is 0 Å². The van der Waals surface area contributed by atoms with Crippen molar-refractivity contribution >= 4 is 99.7 Å². The molecule has 0 spiro atoms. The van der Waals surface area contributed by atoms with Crippen LogP contribution >= 0.6 is 11.8 Å². The van der Waals surface area contributed by atoms with Gasteiger partial charge in [-0.05, 0) is 66.9 Å². The Bertz CT molecular complexity index is 3380. The Hall–Kier alpha value is -10.6. The number of para-hydroxylation sites is 1. The van der Waals surface area contributed by atoms with E-state index in [-0.39, 0.29) is 76.4 Å². The van der Waals surface area contributed by atoms with Crippen LogP contribution in [0.25, 0.3) is 10.9 Å². The van der Waals surface area contributed by atoms with Crippen LogP contribution in [-0.2, 0) is 78.4 Å². The number of aromatic nitrogens is 3. The van der Waals surface area contributed by atoms with Crippen LogP contribution in [0.15, 0.2) is 114 Å². The molecule has 0 radical (unpaired) electrons. The molecule has 500 valence electrons. The van der Waals surface area contributed by atoms with E-state index >= 15 is 0 Å². The van der Waals surface area contributed by atoms with Crippen molar-refractivity contribution in [1.29, 1.82) is 0 Å². The van der Waals surface area contributed by atoms with Crippen molar-refractivity contribution in [2.24, 2.45) is 38.7 Å². The third-order valence-electron chi connectivity index (χ3n) is 14.2. The van der Waals surface area contributed by atoms with Gasteiger partial charge in [-0.3, -0.25) is 62.7 Å². The maximum atomic E-state index is 15.0. The minimum atomic E-state index is -1.96. The van der Waals surface area contributed by atoms with Crippen LogP contribution in [0.4, 0.5) is 0 Å². The summed E-state index contributed by atoms with van der Waals surface area (Å²) in [6, 6.07) is 12.0. The summed E-state index contributed by atoms with van der Waals surface area (Å²) in [6.45, 7) is -1.44. The number of guanidine groups is 2. The van der Waals surface area contributed by atoms with Crippen LogP contribution in [0.3, 0.4) is 0 Å². The van der Waals surface area contributed by atoms with Crippen molar-refractivity contribution in [2.45, 2.75) is 113 Å². The van der Waals surface area contributed by atoms with Gasteiger partial charge in [0.05, 0.1) is 25.3 Å². The number of benzene rings is 3. The van der Waals surface area contributed by atoms with Crippen LogP contribution in [0.2, 0.25) is 0 Å². The average Bonchev–Trinajstić information content (AvgIpc) is 1.85. The minimum Gasteiger partial charge on any atom is -0.481 e. The molecule has 0 unspecified atom stereocenters. The number of imidazole rings is 1. The van der Waals surface area contributed by atoms with Gasteiger partial charge in [-0.15, -0.1) is 0 Å². The number of nitrogens with zero attached hydrogens (tertiary/aromatic N) is 3. The summed E-state index contributed by atoms with van der Waals surface area (Å²) in [5, 5.41) is 43.0. The summed E-state index contributed by atoms with van der Waals surface area (Å²) >= 11 is 1.49. The summed E-state index contributed by atoms with van der Waals surface area (Å²) in [7, 11) is 0. The predicted molar refractivity (Wildman–Crippen MR) is 345 cm³/mol. The van der Waals surface area contributed by atoms with Gasteiger partial charge in [-0.1, -0.05) is 78.9 Å². The van der Waals surface area contributed by atoms with E-state index in [1.807, 2.05) is 6.26 Å². The highest BCUT2D eigenvalue weighted by Gasteiger charge is 2.36. The number of aliphatic imine (C=N–C) groups is 2. The van der Waals surface area contributed by atoms with Crippen LogP contribution < -0.4 is 76.5 Å². The average molecular weight is 1310 g/mol. The Morgan fingerprint density at radius 1 is 0.516 bits per heavy atom. The smallest absolute Gasteiger partial charge is 0.322 e. The van der Waals surface area contributed by atoms with Crippen LogP contribution in [0.1, 0.15) is 60.9 Å². The quantitative estimate of drug-likeness (QED) is 0.0103. The van der Waals surface area contributed by atoms with Gasteiger partial charge in [0.25, 0.3) is 0 Å². The summed E-state index contributed by atoms with van der Waals surface area (Å²) in [6.07, 6.45) is 4.37. The predicted octanol–water partition coefficient (Wildman–Crippen LogP) is -3.47. The maximum Gasteiger partial charge on any atom is 0.322 e. The molecule has 0 aliphatic heterocycles. The van der Waals surface area contributed by atoms with Gasteiger partial charge in [-0.25, -0.2) is 4.98 Å². The lowest BCUT2D eigenvalue weighted by Crippen LogP contribution is -2.61. The Morgan fingerprint density at radius 2 is 0.978 bits per heavy atom. The van der Waals surface area contributed by atoms with Gasteiger partial charge >= 0.3 is 11.9 Å². The van der Waals surface area contributed by atoms with Gasteiger partial charge in [0.2, 0.25) is 53.2 Å². The second kappa shape index (κ2) is 38.2. The van der Waals surface area contributed by atoms with E-state index in [0.29, 0.717) is 45.5 Å². The summed E-state index contributed by atoms with van der Waals surface area (Å²) in [5.41, 5.74) is 30.9. The van der Waals surface area contributed by atoms with Crippen molar-refractivity contribution in [3.63, 3.8) is 0 Å². The number of rotatable bonds is 40. The topological polar surface area (TPSA) is 536 Å². The first-order valence-electron chi connectivity index (χ1n) is 29.6. The zero-order valence-electron chi connectivity index (χ0n) is 51.1. The molecule has 0 fully saturated rings. The Kier molecular flexibility index (Phi) is 30.1. The summed E-state index contributed by atoms with van der Waals surface area (Å²) in [4.78, 5) is 169. The second-order valence-corrected chi connectivity index (χ2v) is 22.4. The molecule has 2 aromatic heterocycles. The fourth-order valence-corrected chi connectivity index (χ4v) is 9.93. The molecule has 93 heavy (non-hydrogen) atoms. The van der Waals surface area contributed by atoms with Crippen LogP contribution in [-0.4, -0.2) is 189 Å². The highest BCUT2D eigenvalue weighted by atomic mass is 32.2. The molecule has 0 bridgehead atoms. The van der Waals surface area contributed by atoms with Crippen molar-refractivity contribution in [3.05, 3.63) is 126 Å². The van der Waals surface area contributed by atoms with Crippen LogP contribution in [0.5, 0.6) is 0 Å². The highest BCUT2D eigenvalue weighted by molar-refractivity contribution is 7.98. The summed E-state index contributed by atoms with van der Waals surface area (Å²) in [5.74, 6) is -11.2. The second-order valence-electron chi connectivity index (χ2n) is 21.4. The molecule has 5 rings (SSSR count). The number of amides is 9. The molecule has 32 nitrogen and oxygen atoms in total. The van der Waals surface area contributed by atoms with Crippen LogP contribution in [0, 0.1) is 0 Å². The third kappa shape index (κ3) is 26.1. The first-order valence-corrected chi connectivity index (χ1v) is 30.9. The van der Waals surface area contributed by atoms with E-state index in [1.165, 1.54) is 24.3 Å². The highest BCUT2D eigenvalue weighted by Crippen LogP contribution is 2.20. The van der Waals surface area contributed by atoms with Gasteiger partial charge in [0.1, 0.15) is 48.8 Å². The molecule has 33 heteroatoms. The number of carboxylic acids is 2. The molecule has 0 saturated carbocycles. The maximum absolute atomic E-state index is 15.0. The number of carbonyl (C=O) groups is 11. The standard InChI is InChI=1S/C60H81N19O13S/c1-93-23-20-39(61)51(85)70-31-48(80)73-46(27-37-30-66-33-72-37)57(91)77-44(25-35-14-6-3-7-15-35)55(89)74-42(19-11-22-68-60(64)65)54(88)78-45(26-36-29-69-40-17-9-8-16-38(36)40)56(90)79-47(28-49(81)82)58(92)75-41(18-10-21-67-59(62)63)53(87)76-43(52(86)71-32-50(83)84)24-34-12-4-2-5-13-34/h2-9,12-17,29-30,33,39,41-47,69H,10-11,18-28,31-32,61H2,1H3,(H,66,72)(H,70,85)(H,71,86)(H,73,80)(H,74,89)(H,75,92)(H,76,87)(H,77,91)(H,78,88)(H,79,90)(H,81,82)(H,83,84)(H4,62,63,67)(H4,64,65,68)/t39-,41-,42-,43-,44-,45-,46-,47-/m0/s1. The van der Waals surface area contributed by atoms with Gasteiger partial charge < -0.3 is 96.7 Å². The van der Waals surface area contributed by atoms with E-state index in [4.69, 9.17) is 28.7 Å². The zero-order valence-corrected chi connectivity index (χ0v) is 51.9. The lowest BCUT2D eigenvalue weighted by molar-refractivity contribution is -0.141. The minimum absolute atomic E-state index is 0.0321.